The fraction of sp³-hybridized carbons (Fsp3) is 0.294. The highest BCUT2D eigenvalue weighted by molar-refractivity contribution is 5.67. The van der Waals surface area contributed by atoms with Crippen LogP contribution in [0.5, 0.6) is 0 Å². The van der Waals surface area contributed by atoms with Gasteiger partial charge >= 0.3 is 5.97 Å². The van der Waals surface area contributed by atoms with Gasteiger partial charge in [0.05, 0.1) is 5.69 Å². The fourth-order valence-corrected chi connectivity index (χ4v) is 2.26. The minimum atomic E-state index is -0.775. The van der Waals surface area contributed by atoms with Crippen LogP contribution in [0, 0.1) is 20.8 Å². The first-order chi connectivity index (χ1) is 9.47. The van der Waals surface area contributed by atoms with Crippen LogP contribution < -0.4 is 0 Å². The molecule has 1 aromatic carbocycles. The molecule has 0 bridgehead atoms. The summed E-state index contributed by atoms with van der Waals surface area (Å²) in [5.41, 5.74) is 6.40. The topological polar surface area (TPSA) is 50.2 Å². The Hall–Kier alpha value is -2.16. The van der Waals surface area contributed by atoms with Crippen molar-refractivity contribution >= 4 is 5.97 Å². The second kappa shape index (κ2) is 5.87. The van der Waals surface area contributed by atoms with E-state index in [9.17, 15) is 4.79 Å². The molecule has 20 heavy (non-hydrogen) atoms. The molecule has 2 rings (SSSR count). The van der Waals surface area contributed by atoms with E-state index in [0.717, 1.165) is 22.5 Å². The van der Waals surface area contributed by atoms with Gasteiger partial charge in [0, 0.05) is 17.7 Å². The Morgan fingerprint density at radius 2 is 1.90 bits per heavy atom. The number of rotatable bonds is 4. The van der Waals surface area contributed by atoms with Crippen LogP contribution in [0.4, 0.5) is 0 Å². The maximum Gasteiger partial charge on any atom is 0.303 e. The van der Waals surface area contributed by atoms with Crippen molar-refractivity contribution in [2.45, 2.75) is 33.6 Å². The highest BCUT2D eigenvalue weighted by Crippen LogP contribution is 2.24. The van der Waals surface area contributed by atoms with Gasteiger partial charge in [-0.1, -0.05) is 23.8 Å². The second-order valence-electron chi connectivity index (χ2n) is 5.15. The molecule has 0 unspecified atom stereocenters. The van der Waals surface area contributed by atoms with Crippen LogP contribution in [-0.4, -0.2) is 16.1 Å². The Labute approximate surface area is 119 Å². The zero-order chi connectivity index (χ0) is 14.7. The van der Waals surface area contributed by atoms with Crippen LogP contribution in [0.2, 0.25) is 0 Å². The van der Waals surface area contributed by atoms with E-state index >= 15 is 0 Å². The maximum atomic E-state index is 10.6. The summed E-state index contributed by atoms with van der Waals surface area (Å²) >= 11 is 0. The van der Waals surface area contributed by atoms with Crippen molar-refractivity contribution in [1.82, 2.24) is 4.98 Å². The van der Waals surface area contributed by atoms with Gasteiger partial charge < -0.3 is 5.11 Å². The third-order valence-electron chi connectivity index (χ3n) is 3.47. The van der Waals surface area contributed by atoms with E-state index in [2.05, 4.69) is 37.0 Å². The Balaban J connectivity index is 2.33. The van der Waals surface area contributed by atoms with E-state index in [4.69, 9.17) is 5.11 Å². The lowest BCUT2D eigenvalue weighted by molar-refractivity contribution is -0.136. The first-order valence-electron chi connectivity index (χ1n) is 6.73. The Kier molecular flexibility index (Phi) is 4.18. The average molecular weight is 269 g/mol. The van der Waals surface area contributed by atoms with Gasteiger partial charge in [-0.25, -0.2) is 0 Å². The van der Waals surface area contributed by atoms with Crippen LogP contribution >= 0.6 is 0 Å². The minimum Gasteiger partial charge on any atom is -0.481 e. The minimum absolute atomic E-state index is 0.144. The molecule has 0 atom stereocenters. The van der Waals surface area contributed by atoms with E-state index in [1.807, 2.05) is 19.1 Å². The first-order valence-corrected chi connectivity index (χ1v) is 6.73. The smallest absolute Gasteiger partial charge is 0.303 e. The molecule has 3 heteroatoms. The molecular formula is C17H19NO2. The van der Waals surface area contributed by atoms with Crippen molar-refractivity contribution in [3.63, 3.8) is 0 Å². The van der Waals surface area contributed by atoms with Crippen molar-refractivity contribution in [1.29, 1.82) is 0 Å². The van der Waals surface area contributed by atoms with Crippen molar-refractivity contribution in [3.05, 3.63) is 52.7 Å². The molecule has 0 radical (unpaired) electrons. The normalized spacial score (nSPS) is 10.6. The van der Waals surface area contributed by atoms with E-state index < -0.39 is 5.97 Å². The number of aliphatic carboxylic acids is 1. The van der Waals surface area contributed by atoms with Gasteiger partial charge in [-0.05, 0) is 50.5 Å². The molecule has 0 aliphatic heterocycles. The number of carboxylic acid groups (broad SMARTS) is 1. The number of hydrogen-bond donors (Lipinski definition) is 1. The number of aryl methyl sites for hydroxylation is 4. The lowest BCUT2D eigenvalue weighted by Gasteiger charge is -2.10. The summed E-state index contributed by atoms with van der Waals surface area (Å²) in [7, 11) is 0. The quantitative estimate of drug-likeness (QED) is 0.920. The summed E-state index contributed by atoms with van der Waals surface area (Å²) in [6.07, 6.45) is 0.673. The van der Waals surface area contributed by atoms with Gasteiger partial charge in [0.25, 0.3) is 0 Å². The highest BCUT2D eigenvalue weighted by Gasteiger charge is 2.08. The van der Waals surface area contributed by atoms with Crippen LogP contribution in [0.1, 0.15) is 28.8 Å². The molecule has 1 N–H and O–H groups in total. The predicted molar refractivity (Wildman–Crippen MR) is 79.8 cm³/mol. The molecule has 0 fully saturated rings. The molecular weight excluding hydrogens is 250 g/mol. The van der Waals surface area contributed by atoms with E-state index in [1.54, 1.807) is 0 Å². The standard InChI is InChI=1S/C17H19NO2/c1-11-4-5-12(2)15(10-11)16-8-6-14(13(3)18-16)7-9-17(19)20/h4-6,8,10H,7,9H2,1-3H3,(H,19,20). The zero-order valence-electron chi connectivity index (χ0n) is 12.1. The molecule has 0 amide bonds. The van der Waals surface area contributed by atoms with Crippen LogP contribution in [-0.2, 0) is 11.2 Å². The summed E-state index contributed by atoms with van der Waals surface area (Å²) in [6.45, 7) is 6.08. The van der Waals surface area contributed by atoms with Crippen molar-refractivity contribution in [2.75, 3.05) is 0 Å². The first kappa shape index (κ1) is 14.3. The second-order valence-corrected chi connectivity index (χ2v) is 5.15. The number of aromatic nitrogens is 1. The largest absolute Gasteiger partial charge is 0.481 e. The number of carbonyl (C=O) groups is 1. The van der Waals surface area contributed by atoms with Crippen LogP contribution in [0.3, 0.4) is 0 Å². The molecule has 2 aromatic rings. The van der Waals surface area contributed by atoms with Crippen molar-refractivity contribution in [3.8, 4) is 11.3 Å². The van der Waals surface area contributed by atoms with Crippen LogP contribution in [0.25, 0.3) is 11.3 Å². The molecule has 0 aliphatic carbocycles. The summed E-state index contributed by atoms with van der Waals surface area (Å²) in [5, 5.41) is 8.74. The third-order valence-corrected chi connectivity index (χ3v) is 3.47. The Morgan fingerprint density at radius 3 is 2.55 bits per heavy atom. The molecule has 0 saturated carbocycles. The van der Waals surface area contributed by atoms with Crippen molar-refractivity contribution in [2.24, 2.45) is 0 Å². The van der Waals surface area contributed by atoms with Gasteiger partial charge in [-0.2, -0.15) is 0 Å². The summed E-state index contributed by atoms with van der Waals surface area (Å²) in [4.78, 5) is 15.3. The van der Waals surface area contributed by atoms with Gasteiger partial charge in [0.15, 0.2) is 0 Å². The number of benzene rings is 1. The van der Waals surface area contributed by atoms with E-state index in [1.165, 1.54) is 11.1 Å². The van der Waals surface area contributed by atoms with Gasteiger partial charge in [0.1, 0.15) is 0 Å². The van der Waals surface area contributed by atoms with Gasteiger partial charge in [0.2, 0.25) is 0 Å². The predicted octanol–water partition coefficient (Wildman–Crippen LogP) is 3.69. The average Bonchev–Trinajstić information content (AvgIpc) is 2.40. The molecule has 104 valence electrons. The number of carboxylic acids is 1. The summed E-state index contributed by atoms with van der Waals surface area (Å²) in [5.74, 6) is -0.775. The van der Waals surface area contributed by atoms with Gasteiger partial charge in [-0.3, -0.25) is 9.78 Å². The number of nitrogens with zero attached hydrogens (tertiary/aromatic N) is 1. The van der Waals surface area contributed by atoms with Crippen molar-refractivity contribution < 1.29 is 9.90 Å². The number of hydrogen-bond acceptors (Lipinski definition) is 2. The number of pyridine rings is 1. The summed E-state index contributed by atoms with van der Waals surface area (Å²) in [6, 6.07) is 10.3. The molecule has 3 nitrogen and oxygen atoms in total. The zero-order valence-corrected chi connectivity index (χ0v) is 12.1. The summed E-state index contributed by atoms with van der Waals surface area (Å²) < 4.78 is 0. The molecule has 1 heterocycles. The molecule has 0 aliphatic rings. The Morgan fingerprint density at radius 1 is 1.15 bits per heavy atom. The van der Waals surface area contributed by atoms with E-state index in [0.29, 0.717) is 6.42 Å². The van der Waals surface area contributed by atoms with E-state index in [-0.39, 0.29) is 6.42 Å². The maximum absolute atomic E-state index is 10.6. The highest BCUT2D eigenvalue weighted by atomic mass is 16.4. The lowest BCUT2D eigenvalue weighted by atomic mass is 10.0. The van der Waals surface area contributed by atoms with Gasteiger partial charge in [-0.15, -0.1) is 0 Å². The Bertz CT molecular complexity index is 647. The molecule has 0 spiro atoms. The SMILES string of the molecule is Cc1ccc(C)c(-c2ccc(CCC(=O)O)c(C)n2)c1. The fourth-order valence-electron chi connectivity index (χ4n) is 2.26. The third kappa shape index (κ3) is 3.23. The lowest BCUT2D eigenvalue weighted by Crippen LogP contribution is -2.01. The van der Waals surface area contributed by atoms with Crippen LogP contribution in [0.15, 0.2) is 30.3 Å². The molecule has 1 aromatic heterocycles. The monoisotopic (exact) mass is 269 g/mol. The molecule has 0 saturated heterocycles.